The zero-order chi connectivity index (χ0) is 11.9. The van der Waals surface area contributed by atoms with Gasteiger partial charge in [-0.1, -0.05) is 19.9 Å². The number of nitrogens with zero attached hydrogens (tertiary/aromatic N) is 1. The molecule has 0 radical (unpaired) electrons. The second-order valence-electron chi connectivity index (χ2n) is 4.74. The van der Waals surface area contributed by atoms with Crippen molar-refractivity contribution in [2.24, 2.45) is 5.41 Å². The minimum atomic E-state index is 0.00250. The SMILES string of the molecule is C=CCOCCC(C)(C)CC(=O)N(C)C. The molecule has 0 N–H and O–H groups in total. The molecule has 0 aliphatic heterocycles. The van der Waals surface area contributed by atoms with E-state index in [0.29, 0.717) is 19.6 Å². The van der Waals surface area contributed by atoms with Crippen molar-refractivity contribution >= 4 is 5.91 Å². The lowest BCUT2D eigenvalue weighted by molar-refractivity contribution is -0.131. The Hall–Kier alpha value is -0.830. The first-order valence-electron chi connectivity index (χ1n) is 5.28. The molecule has 0 atom stereocenters. The largest absolute Gasteiger partial charge is 0.377 e. The van der Waals surface area contributed by atoms with Crippen molar-refractivity contribution < 1.29 is 9.53 Å². The summed E-state index contributed by atoms with van der Waals surface area (Å²) in [4.78, 5) is 13.1. The molecular formula is C12H23NO2. The van der Waals surface area contributed by atoms with E-state index in [-0.39, 0.29) is 11.3 Å². The van der Waals surface area contributed by atoms with Crippen molar-refractivity contribution in [2.75, 3.05) is 27.3 Å². The third kappa shape index (κ3) is 7.14. The molecule has 0 heterocycles. The smallest absolute Gasteiger partial charge is 0.222 e. The summed E-state index contributed by atoms with van der Waals surface area (Å²) in [6.45, 7) is 9.02. The zero-order valence-electron chi connectivity index (χ0n) is 10.4. The van der Waals surface area contributed by atoms with Crippen LogP contribution < -0.4 is 0 Å². The maximum Gasteiger partial charge on any atom is 0.222 e. The van der Waals surface area contributed by atoms with E-state index in [0.717, 1.165) is 6.42 Å². The fourth-order valence-electron chi connectivity index (χ4n) is 1.17. The lowest BCUT2D eigenvalue weighted by Crippen LogP contribution is -2.28. The predicted octanol–water partition coefficient (Wildman–Crippen LogP) is 2.08. The summed E-state index contributed by atoms with van der Waals surface area (Å²) in [5, 5.41) is 0. The molecule has 15 heavy (non-hydrogen) atoms. The molecule has 1 amide bonds. The van der Waals surface area contributed by atoms with Gasteiger partial charge in [0.25, 0.3) is 0 Å². The number of hydrogen-bond acceptors (Lipinski definition) is 2. The van der Waals surface area contributed by atoms with Crippen molar-refractivity contribution in [3.05, 3.63) is 12.7 Å². The van der Waals surface area contributed by atoms with Crippen molar-refractivity contribution in [2.45, 2.75) is 26.7 Å². The summed E-state index contributed by atoms with van der Waals surface area (Å²) in [6, 6.07) is 0. The number of hydrogen-bond donors (Lipinski definition) is 0. The molecular weight excluding hydrogens is 190 g/mol. The van der Waals surface area contributed by atoms with Gasteiger partial charge in [-0.15, -0.1) is 6.58 Å². The van der Waals surface area contributed by atoms with E-state index in [1.54, 1.807) is 25.1 Å². The fraction of sp³-hybridized carbons (Fsp3) is 0.750. The molecule has 0 saturated carbocycles. The van der Waals surface area contributed by atoms with Gasteiger partial charge in [0.1, 0.15) is 0 Å². The lowest BCUT2D eigenvalue weighted by atomic mass is 9.85. The Kier molecular flexibility index (Phi) is 6.25. The van der Waals surface area contributed by atoms with Gasteiger partial charge in [-0.25, -0.2) is 0 Å². The normalized spacial score (nSPS) is 11.2. The molecule has 0 aromatic carbocycles. The lowest BCUT2D eigenvalue weighted by Gasteiger charge is -2.25. The molecule has 0 spiro atoms. The first-order chi connectivity index (χ1) is 6.89. The summed E-state index contributed by atoms with van der Waals surface area (Å²) in [6.07, 6.45) is 3.19. The highest BCUT2D eigenvalue weighted by atomic mass is 16.5. The van der Waals surface area contributed by atoms with Crippen molar-refractivity contribution in [1.82, 2.24) is 4.90 Å². The molecule has 3 heteroatoms. The summed E-state index contributed by atoms with van der Waals surface area (Å²) in [5.41, 5.74) is 0.00250. The number of rotatable bonds is 7. The van der Waals surface area contributed by atoms with Gasteiger partial charge in [0.15, 0.2) is 0 Å². The standard InChI is InChI=1S/C12H23NO2/c1-6-8-15-9-7-12(2,3)10-11(14)13(4)5/h6H,1,7-10H2,2-5H3. The summed E-state index contributed by atoms with van der Waals surface area (Å²) < 4.78 is 5.32. The fourth-order valence-corrected chi connectivity index (χ4v) is 1.17. The molecule has 0 rings (SSSR count). The van der Waals surface area contributed by atoms with Crippen LogP contribution >= 0.6 is 0 Å². The molecule has 0 saturated heterocycles. The Morgan fingerprint density at radius 1 is 1.47 bits per heavy atom. The average molecular weight is 213 g/mol. The topological polar surface area (TPSA) is 29.5 Å². The molecule has 0 fully saturated rings. The van der Waals surface area contributed by atoms with Crippen LogP contribution in [-0.4, -0.2) is 38.1 Å². The first kappa shape index (κ1) is 14.2. The highest BCUT2D eigenvalue weighted by Crippen LogP contribution is 2.25. The molecule has 0 aliphatic rings. The van der Waals surface area contributed by atoms with Crippen molar-refractivity contribution in [1.29, 1.82) is 0 Å². The van der Waals surface area contributed by atoms with E-state index in [9.17, 15) is 4.79 Å². The minimum absolute atomic E-state index is 0.00250. The Balaban J connectivity index is 3.85. The van der Waals surface area contributed by atoms with Gasteiger partial charge >= 0.3 is 0 Å². The van der Waals surface area contributed by atoms with Gasteiger partial charge in [0.05, 0.1) is 6.61 Å². The van der Waals surface area contributed by atoms with Gasteiger partial charge in [-0.3, -0.25) is 4.79 Å². The molecule has 0 aromatic rings. The monoisotopic (exact) mass is 213 g/mol. The Labute approximate surface area is 93.1 Å². The molecule has 88 valence electrons. The number of ether oxygens (including phenoxy) is 1. The van der Waals surface area contributed by atoms with Gasteiger partial charge < -0.3 is 9.64 Å². The van der Waals surface area contributed by atoms with E-state index < -0.39 is 0 Å². The maximum atomic E-state index is 11.5. The van der Waals surface area contributed by atoms with E-state index in [1.807, 2.05) is 0 Å². The second kappa shape index (κ2) is 6.62. The van der Waals surface area contributed by atoms with Gasteiger partial charge in [-0.2, -0.15) is 0 Å². The zero-order valence-corrected chi connectivity index (χ0v) is 10.4. The van der Waals surface area contributed by atoms with Crippen LogP contribution in [0.2, 0.25) is 0 Å². The second-order valence-corrected chi connectivity index (χ2v) is 4.74. The Morgan fingerprint density at radius 3 is 2.53 bits per heavy atom. The van der Waals surface area contributed by atoms with Crippen LogP contribution in [0, 0.1) is 5.41 Å². The summed E-state index contributed by atoms with van der Waals surface area (Å²) in [7, 11) is 3.57. The van der Waals surface area contributed by atoms with Crippen molar-refractivity contribution in [3.8, 4) is 0 Å². The molecule has 0 unspecified atom stereocenters. The van der Waals surface area contributed by atoms with Crippen LogP contribution in [0.4, 0.5) is 0 Å². The third-order valence-electron chi connectivity index (χ3n) is 2.29. The van der Waals surface area contributed by atoms with Crippen LogP contribution in [0.15, 0.2) is 12.7 Å². The van der Waals surface area contributed by atoms with E-state index in [2.05, 4.69) is 20.4 Å². The number of carbonyl (C=O) groups is 1. The Morgan fingerprint density at radius 2 is 2.07 bits per heavy atom. The predicted molar refractivity (Wildman–Crippen MR) is 62.7 cm³/mol. The quantitative estimate of drug-likeness (QED) is 0.478. The van der Waals surface area contributed by atoms with Crippen LogP contribution in [0.1, 0.15) is 26.7 Å². The van der Waals surface area contributed by atoms with E-state index in [4.69, 9.17) is 4.74 Å². The van der Waals surface area contributed by atoms with Crippen molar-refractivity contribution in [3.63, 3.8) is 0 Å². The minimum Gasteiger partial charge on any atom is -0.377 e. The van der Waals surface area contributed by atoms with Crippen LogP contribution in [0.3, 0.4) is 0 Å². The number of amides is 1. The maximum absolute atomic E-state index is 11.5. The van der Waals surface area contributed by atoms with E-state index in [1.165, 1.54) is 0 Å². The van der Waals surface area contributed by atoms with Crippen LogP contribution in [0.25, 0.3) is 0 Å². The molecule has 0 aliphatic carbocycles. The highest BCUT2D eigenvalue weighted by molar-refractivity contribution is 5.76. The Bertz CT molecular complexity index is 210. The van der Waals surface area contributed by atoms with Gasteiger partial charge in [-0.05, 0) is 11.8 Å². The average Bonchev–Trinajstić information content (AvgIpc) is 2.11. The van der Waals surface area contributed by atoms with Crippen LogP contribution in [0.5, 0.6) is 0 Å². The molecule has 3 nitrogen and oxygen atoms in total. The molecule has 0 bridgehead atoms. The van der Waals surface area contributed by atoms with E-state index >= 15 is 0 Å². The number of carbonyl (C=O) groups excluding carboxylic acids is 1. The highest BCUT2D eigenvalue weighted by Gasteiger charge is 2.22. The summed E-state index contributed by atoms with van der Waals surface area (Å²) in [5.74, 6) is 0.170. The van der Waals surface area contributed by atoms with Gasteiger partial charge in [0.2, 0.25) is 5.91 Å². The first-order valence-corrected chi connectivity index (χ1v) is 5.28. The van der Waals surface area contributed by atoms with Gasteiger partial charge in [0, 0.05) is 27.1 Å². The summed E-state index contributed by atoms with van der Waals surface area (Å²) >= 11 is 0. The van der Waals surface area contributed by atoms with Crippen LogP contribution in [-0.2, 0) is 9.53 Å². The third-order valence-corrected chi connectivity index (χ3v) is 2.29. The molecule has 0 aromatic heterocycles.